The third-order valence-corrected chi connectivity index (χ3v) is 1.34. The molecule has 0 aromatic carbocycles. The van der Waals surface area contributed by atoms with Gasteiger partial charge in [-0.1, -0.05) is 6.92 Å². The number of hydrogen-bond donors (Lipinski definition) is 1. The highest BCUT2D eigenvalue weighted by atomic mass is 16.5. The number of hydrogen-bond acceptors (Lipinski definition) is 4. The first kappa shape index (κ1) is 8.93. The van der Waals surface area contributed by atoms with Crippen molar-refractivity contribution in [2.75, 3.05) is 6.61 Å². The molecule has 1 rings (SSSR count). The molecule has 0 unspecified atom stereocenters. The summed E-state index contributed by atoms with van der Waals surface area (Å²) in [5.74, 6) is 0. The summed E-state index contributed by atoms with van der Waals surface area (Å²) in [5, 5.41) is 0. The maximum absolute atomic E-state index is 5.40. The topological polar surface area (TPSA) is 61.0 Å². The first-order valence-electron chi connectivity index (χ1n) is 4.01. The zero-order chi connectivity index (χ0) is 8.81. The molecule has 4 heteroatoms. The average Bonchev–Trinajstić information content (AvgIpc) is 2.15. The molecule has 0 fully saturated rings. The van der Waals surface area contributed by atoms with Gasteiger partial charge in [0.05, 0.1) is 12.3 Å². The zero-order valence-electron chi connectivity index (χ0n) is 7.16. The van der Waals surface area contributed by atoms with E-state index in [1.165, 1.54) is 0 Å². The summed E-state index contributed by atoms with van der Waals surface area (Å²) >= 11 is 0. The van der Waals surface area contributed by atoms with Crippen LogP contribution in [0.25, 0.3) is 0 Å². The van der Waals surface area contributed by atoms with E-state index in [4.69, 9.17) is 10.5 Å². The molecule has 0 bridgehead atoms. The molecule has 1 heterocycles. The van der Waals surface area contributed by atoms with Gasteiger partial charge >= 0.3 is 6.01 Å². The predicted octanol–water partition coefficient (Wildman–Crippen LogP) is 0.724. The van der Waals surface area contributed by atoms with Crippen LogP contribution in [0.4, 0.5) is 0 Å². The fraction of sp³-hybridized carbons (Fsp3) is 0.500. The Morgan fingerprint density at radius 2 is 2.42 bits per heavy atom. The molecule has 0 saturated heterocycles. The Morgan fingerprint density at radius 1 is 1.58 bits per heavy atom. The largest absolute Gasteiger partial charge is 0.463 e. The fourth-order valence-corrected chi connectivity index (χ4v) is 0.753. The summed E-state index contributed by atoms with van der Waals surface area (Å²) in [6.45, 7) is 3.10. The van der Waals surface area contributed by atoms with E-state index in [1.807, 2.05) is 6.92 Å². The van der Waals surface area contributed by atoms with Crippen molar-refractivity contribution in [3.63, 3.8) is 0 Å². The van der Waals surface area contributed by atoms with Gasteiger partial charge in [0, 0.05) is 12.7 Å². The molecule has 2 N–H and O–H groups in total. The lowest BCUT2D eigenvalue weighted by Gasteiger charge is -2.02. The molecule has 0 aliphatic heterocycles. The van der Waals surface area contributed by atoms with E-state index >= 15 is 0 Å². The quantitative estimate of drug-likeness (QED) is 0.718. The lowest BCUT2D eigenvalue weighted by Crippen LogP contribution is -2.04. The maximum Gasteiger partial charge on any atom is 0.316 e. The highest BCUT2D eigenvalue weighted by Crippen LogP contribution is 2.02. The molecule has 0 radical (unpaired) electrons. The first-order valence-corrected chi connectivity index (χ1v) is 4.01. The minimum atomic E-state index is 0.416. The van der Waals surface area contributed by atoms with Gasteiger partial charge in [0.1, 0.15) is 0 Å². The SMILES string of the molecule is CCCOc1nccc(CN)n1. The Bertz CT molecular complexity index is 239. The molecular weight excluding hydrogens is 154 g/mol. The standard InChI is InChI=1S/C8H13N3O/c1-2-5-12-8-10-4-3-7(6-9)11-8/h3-4H,2,5-6,9H2,1H3. The average molecular weight is 167 g/mol. The van der Waals surface area contributed by atoms with E-state index in [0.29, 0.717) is 19.2 Å². The maximum atomic E-state index is 5.40. The van der Waals surface area contributed by atoms with Crippen LogP contribution in [-0.2, 0) is 6.54 Å². The summed E-state index contributed by atoms with van der Waals surface area (Å²) in [6.07, 6.45) is 2.61. The summed E-state index contributed by atoms with van der Waals surface area (Å²) in [6, 6.07) is 2.19. The fourth-order valence-electron chi connectivity index (χ4n) is 0.753. The molecular formula is C8H13N3O. The van der Waals surface area contributed by atoms with Crippen molar-refractivity contribution < 1.29 is 4.74 Å². The van der Waals surface area contributed by atoms with E-state index in [1.54, 1.807) is 12.3 Å². The number of aromatic nitrogens is 2. The molecule has 0 amide bonds. The van der Waals surface area contributed by atoms with Crippen molar-refractivity contribution in [3.05, 3.63) is 18.0 Å². The monoisotopic (exact) mass is 167 g/mol. The van der Waals surface area contributed by atoms with E-state index < -0.39 is 0 Å². The van der Waals surface area contributed by atoms with Crippen LogP contribution in [0.2, 0.25) is 0 Å². The molecule has 12 heavy (non-hydrogen) atoms. The van der Waals surface area contributed by atoms with Gasteiger partial charge in [-0.05, 0) is 12.5 Å². The van der Waals surface area contributed by atoms with E-state index in [2.05, 4.69) is 9.97 Å². The van der Waals surface area contributed by atoms with Crippen molar-refractivity contribution in [2.45, 2.75) is 19.9 Å². The summed E-state index contributed by atoms with van der Waals surface area (Å²) in [7, 11) is 0. The predicted molar refractivity (Wildman–Crippen MR) is 45.7 cm³/mol. The highest BCUT2D eigenvalue weighted by molar-refractivity contribution is 5.04. The van der Waals surface area contributed by atoms with Crippen LogP contribution in [0.15, 0.2) is 12.3 Å². The van der Waals surface area contributed by atoms with Gasteiger partial charge in [-0.2, -0.15) is 4.98 Å². The van der Waals surface area contributed by atoms with Crippen LogP contribution in [-0.4, -0.2) is 16.6 Å². The van der Waals surface area contributed by atoms with Crippen LogP contribution in [0.5, 0.6) is 6.01 Å². The molecule has 4 nitrogen and oxygen atoms in total. The van der Waals surface area contributed by atoms with Crippen LogP contribution < -0.4 is 10.5 Å². The molecule has 0 saturated carbocycles. The molecule has 0 aliphatic carbocycles. The Morgan fingerprint density at radius 3 is 3.08 bits per heavy atom. The Balaban J connectivity index is 2.60. The first-order chi connectivity index (χ1) is 5.86. The van der Waals surface area contributed by atoms with Gasteiger partial charge in [-0.15, -0.1) is 0 Å². The second-order valence-electron chi connectivity index (χ2n) is 2.38. The van der Waals surface area contributed by atoms with Crippen molar-refractivity contribution >= 4 is 0 Å². The van der Waals surface area contributed by atoms with Crippen LogP contribution in [0.3, 0.4) is 0 Å². The van der Waals surface area contributed by atoms with E-state index in [-0.39, 0.29) is 0 Å². The number of nitrogens with two attached hydrogens (primary N) is 1. The Labute approximate surface area is 71.8 Å². The van der Waals surface area contributed by atoms with Gasteiger partial charge < -0.3 is 10.5 Å². The van der Waals surface area contributed by atoms with E-state index in [9.17, 15) is 0 Å². The van der Waals surface area contributed by atoms with E-state index in [0.717, 1.165) is 12.1 Å². The Kier molecular flexibility index (Phi) is 3.47. The number of ether oxygens (including phenoxy) is 1. The molecule has 1 aromatic rings. The van der Waals surface area contributed by atoms with Crippen molar-refractivity contribution in [2.24, 2.45) is 5.73 Å². The lowest BCUT2D eigenvalue weighted by atomic mass is 10.4. The van der Waals surface area contributed by atoms with Crippen LogP contribution in [0, 0.1) is 0 Å². The molecule has 0 atom stereocenters. The number of rotatable bonds is 4. The smallest absolute Gasteiger partial charge is 0.316 e. The third kappa shape index (κ3) is 2.47. The van der Waals surface area contributed by atoms with Crippen LogP contribution >= 0.6 is 0 Å². The third-order valence-electron chi connectivity index (χ3n) is 1.34. The molecule has 0 spiro atoms. The summed E-state index contributed by atoms with van der Waals surface area (Å²) in [5.41, 5.74) is 6.20. The van der Waals surface area contributed by atoms with Gasteiger partial charge in [0.25, 0.3) is 0 Å². The van der Waals surface area contributed by atoms with Gasteiger partial charge in [0.2, 0.25) is 0 Å². The van der Waals surface area contributed by atoms with Crippen molar-refractivity contribution in [1.82, 2.24) is 9.97 Å². The minimum absolute atomic E-state index is 0.416. The Hall–Kier alpha value is -1.16. The van der Waals surface area contributed by atoms with Gasteiger partial charge in [0.15, 0.2) is 0 Å². The summed E-state index contributed by atoms with van der Waals surface area (Å²) < 4.78 is 5.22. The molecule has 66 valence electrons. The second-order valence-corrected chi connectivity index (χ2v) is 2.38. The van der Waals surface area contributed by atoms with Crippen molar-refractivity contribution in [1.29, 1.82) is 0 Å². The zero-order valence-corrected chi connectivity index (χ0v) is 7.16. The van der Waals surface area contributed by atoms with Gasteiger partial charge in [-0.3, -0.25) is 0 Å². The normalized spacial score (nSPS) is 9.83. The second kappa shape index (κ2) is 4.66. The minimum Gasteiger partial charge on any atom is -0.463 e. The summed E-state index contributed by atoms with van der Waals surface area (Å²) in [4.78, 5) is 8.01. The van der Waals surface area contributed by atoms with Crippen LogP contribution in [0.1, 0.15) is 19.0 Å². The van der Waals surface area contributed by atoms with Crippen molar-refractivity contribution in [3.8, 4) is 6.01 Å². The molecule has 1 aromatic heterocycles. The highest BCUT2D eigenvalue weighted by Gasteiger charge is 1.96. The number of nitrogens with zero attached hydrogens (tertiary/aromatic N) is 2. The molecule has 0 aliphatic rings. The lowest BCUT2D eigenvalue weighted by molar-refractivity contribution is 0.291. The van der Waals surface area contributed by atoms with Gasteiger partial charge in [-0.25, -0.2) is 4.98 Å².